The smallest absolute Gasteiger partial charge is 0.228 e. The van der Waals surface area contributed by atoms with Crippen LogP contribution in [-0.2, 0) is 0 Å². The third-order valence-electron chi connectivity index (χ3n) is 3.83. The normalized spacial score (nSPS) is 22.6. The van der Waals surface area contributed by atoms with Gasteiger partial charge in [0.15, 0.2) is 0 Å². The molecule has 5 nitrogen and oxygen atoms in total. The molecule has 1 aliphatic carbocycles. The molecule has 1 aromatic rings. The SMILES string of the molecule is CCCNc1nc(Cl)nc(NCC2CCC(C)CC2)n1. The lowest BCUT2D eigenvalue weighted by molar-refractivity contribution is 0.300. The Morgan fingerprint density at radius 3 is 2.35 bits per heavy atom. The number of aromatic nitrogens is 3. The van der Waals surface area contributed by atoms with Gasteiger partial charge in [0, 0.05) is 13.1 Å². The first kappa shape index (κ1) is 15.3. The van der Waals surface area contributed by atoms with Gasteiger partial charge in [-0.05, 0) is 42.7 Å². The topological polar surface area (TPSA) is 62.7 Å². The summed E-state index contributed by atoms with van der Waals surface area (Å²) in [5.41, 5.74) is 0. The predicted molar refractivity (Wildman–Crippen MR) is 83.2 cm³/mol. The number of hydrogen-bond acceptors (Lipinski definition) is 5. The van der Waals surface area contributed by atoms with Gasteiger partial charge in [-0.1, -0.05) is 26.7 Å². The van der Waals surface area contributed by atoms with Gasteiger partial charge in [-0.25, -0.2) is 0 Å². The molecule has 1 heterocycles. The van der Waals surface area contributed by atoms with Crippen LogP contribution in [0.3, 0.4) is 0 Å². The first-order valence-electron chi connectivity index (χ1n) is 7.56. The lowest BCUT2D eigenvalue weighted by Crippen LogP contribution is -2.21. The van der Waals surface area contributed by atoms with Crippen LogP contribution in [0.15, 0.2) is 0 Å². The molecule has 0 aromatic carbocycles. The maximum absolute atomic E-state index is 5.93. The Kier molecular flexibility index (Phi) is 5.83. The number of hydrogen-bond donors (Lipinski definition) is 2. The van der Waals surface area contributed by atoms with Crippen molar-refractivity contribution in [2.75, 3.05) is 23.7 Å². The van der Waals surface area contributed by atoms with Gasteiger partial charge in [-0.2, -0.15) is 15.0 Å². The molecule has 1 aromatic heterocycles. The summed E-state index contributed by atoms with van der Waals surface area (Å²) in [6, 6.07) is 0. The van der Waals surface area contributed by atoms with E-state index in [4.69, 9.17) is 11.6 Å². The second-order valence-corrected chi connectivity index (χ2v) is 6.02. The lowest BCUT2D eigenvalue weighted by atomic mass is 9.83. The number of nitrogens with one attached hydrogen (secondary N) is 2. The molecule has 2 rings (SSSR count). The highest BCUT2D eigenvalue weighted by Gasteiger charge is 2.18. The first-order chi connectivity index (χ1) is 9.67. The van der Waals surface area contributed by atoms with E-state index in [1.807, 2.05) is 0 Å². The van der Waals surface area contributed by atoms with Crippen molar-refractivity contribution >= 4 is 23.5 Å². The minimum absolute atomic E-state index is 0.235. The molecule has 1 saturated carbocycles. The molecule has 1 aliphatic rings. The van der Waals surface area contributed by atoms with Crippen molar-refractivity contribution in [2.24, 2.45) is 11.8 Å². The molecule has 1 fully saturated rings. The van der Waals surface area contributed by atoms with Gasteiger partial charge < -0.3 is 10.6 Å². The van der Waals surface area contributed by atoms with Crippen molar-refractivity contribution in [3.8, 4) is 0 Å². The quantitative estimate of drug-likeness (QED) is 0.840. The van der Waals surface area contributed by atoms with Crippen LogP contribution < -0.4 is 10.6 Å². The maximum Gasteiger partial charge on any atom is 0.228 e. The second-order valence-electron chi connectivity index (χ2n) is 5.69. The molecule has 6 heteroatoms. The van der Waals surface area contributed by atoms with Crippen molar-refractivity contribution in [1.29, 1.82) is 0 Å². The van der Waals surface area contributed by atoms with Crippen LogP contribution in [0.1, 0.15) is 46.0 Å². The summed E-state index contributed by atoms with van der Waals surface area (Å²) >= 11 is 5.93. The van der Waals surface area contributed by atoms with Crippen LogP contribution in [0.25, 0.3) is 0 Å². The Balaban J connectivity index is 1.87. The Labute approximate surface area is 126 Å². The van der Waals surface area contributed by atoms with Gasteiger partial charge in [0.1, 0.15) is 0 Å². The van der Waals surface area contributed by atoms with Crippen molar-refractivity contribution in [3.63, 3.8) is 0 Å². The van der Waals surface area contributed by atoms with E-state index in [-0.39, 0.29) is 5.28 Å². The van der Waals surface area contributed by atoms with E-state index in [0.717, 1.165) is 25.4 Å². The van der Waals surface area contributed by atoms with Crippen LogP contribution in [0, 0.1) is 11.8 Å². The summed E-state index contributed by atoms with van der Waals surface area (Å²) < 4.78 is 0. The fourth-order valence-corrected chi connectivity index (χ4v) is 2.67. The van der Waals surface area contributed by atoms with Crippen molar-refractivity contribution in [2.45, 2.75) is 46.0 Å². The van der Waals surface area contributed by atoms with Crippen LogP contribution in [0.2, 0.25) is 5.28 Å². The standard InChI is InChI=1S/C14H24ClN5/c1-3-8-16-13-18-12(15)19-14(20-13)17-9-11-6-4-10(2)5-7-11/h10-11H,3-9H2,1-2H3,(H2,16,17,18,19,20). The average Bonchev–Trinajstić information content (AvgIpc) is 2.44. The van der Waals surface area contributed by atoms with E-state index < -0.39 is 0 Å². The summed E-state index contributed by atoms with van der Waals surface area (Å²) in [6.07, 6.45) is 6.25. The van der Waals surface area contributed by atoms with Gasteiger partial charge in [0.2, 0.25) is 17.2 Å². The van der Waals surface area contributed by atoms with Crippen LogP contribution >= 0.6 is 11.6 Å². The molecule has 20 heavy (non-hydrogen) atoms. The highest BCUT2D eigenvalue weighted by molar-refractivity contribution is 6.28. The van der Waals surface area contributed by atoms with Crippen LogP contribution in [0.5, 0.6) is 0 Å². The van der Waals surface area contributed by atoms with E-state index in [1.54, 1.807) is 0 Å². The number of rotatable bonds is 6. The third kappa shape index (κ3) is 4.78. The predicted octanol–water partition coefficient (Wildman–Crippen LogP) is 3.59. The third-order valence-corrected chi connectivity index (χ3v) is 3.99. The highest BCUT2D eigenvalue weighted by Crippen LogP contribution is 2.28. The molecule has 2 N–H and O–H groups in total. The Hall–Kier alpha value is -1.10. The van der Waals surface area contributed by atoms with Gasteiger partial charge in [-0.3, -0.25) is 0 Å². The summed E-state index contributed by atoms with van der Waals surface area (Å²) in [7, 11) is 0. The van der Waals surface area contributed by atoms with E-state index in [0.29, 0.717) is 17.8 Å². The zero-order valence-corrected chi connectivity index (χ0v) is 13.1. The Morgan fingerprint density at radius 1 is 1.05 bits per heavy atom. The largest absolute Gasteiger partial charge is 0.354 e. The van der Waals surface area contributed by atoms with Crippen molar-refractivity contribution in [1.82, 2.24) is 15.0 Å². The lowest BCUT2D eigenvalue weighted by Gasteiger charge is -2.26. The number of halogens is 1. The first-order valence-corrected chi connectivity index (χ1v) is 7.94. The highest BCUT2D eigenvalue weighted by atomic mass is 35.5. The van der Waals surface area contributed by atoms with Crippen molar-refractivity contribution < 1.29 is 0 Å². The zero-order chi connectivity index (χ0) is 14.4. The number of nitrogens with zero attached hydrogens (tertiary/aromatic N) is 3. The molecule has 0 amide bonds. The fraction of sp³-hybridized carbons (Fsp3) is 0.786. The molecule has 0 unspecified atom stereocenters. The molecule has 112 valence electrons. The summed E-state index contributed by atoms with van der Waals surface area (Å²) in [5, 5.41) is 6.67. The monoisotopic (exact) mass is 297 g/mol. The van der Waals surface area contributed by atoms with E-state index in [9.17, 15) is 0 Å². The summed E-state index contributed by atoms with van der Waals surface area (Å²) in [4.78, 5) is 12.5. The molecular formula is C14H24ClN5. The molecule has 0 atom stereocenters. The van der Waals surface area contributed by atoms with E-state index >= 15 is 0 Å². The second kappa shape index (κ2) is 7.62. The molecular weight excluding hydrogens is 274 g/mol. The van der Waals surface area contributed by atoms with Crippen LogP contribution in [0.4, 0.5) is 11.9 Å². The molecule has 0 aliphatic heterocycles. The molecule has 0 radical (unpaired) electrons. The van der Waals surface area contributed by atoms with E-state index in [1.165, 1.54) is 25.7 Å². The van der Waals surface area contributed by atoms with Gasteiger partial charge in [0.05, 0.1) is 0 Å². The molecule has 0 bridgehead atoms. The number of anilines is 2. The minimum atomic E-state index is 0.235. The van der Waals surface area contributed by atoms with Crippen molar-refractivity contribution in [3.05, 3.63) is 5.28 Å². The zero-order valence-electron chi connectivity index (χ0n) is 12.3. The minimum Gasteiger partial charge on any atom is -0.354 e. The maximum atomic E-state index is 5.93. The average molecular weight is 298 g/mol. The molecule has 0 saturated heterocycles. The Bertz CT molecular complexity index is 418. The van der Waals surface area contributed by atoms with Gasteiger partial charge in [-0.15, -0.1) is 0 Å². The summed E-state index contributed by atoms with van der Waals surface area (Å²) in [6.45, 7) is 6.18. The Morgan fingerprint density at radius 2 is 1.70 bits per heavy atom. The fourth-order valence-electron chi connectivity index (χ4n) is 2.51. The van der Waals surface area contributed by atoms with E-state index in [2.05, 4.69) is 39.4 Å². The van der Waals surface area contributed by atoms with Gasteiger partial charge in [0.25, 0.3) is 0 Å². The molecule has 0 spiro atoms. The van der Waals surface area contributed by atoms with Gasteiger partial charge >= 0.3 is 0 Å². The van der Waals surface area contributed by atoms with Crippen LogP contribution in [-0.4, -0.2) is 28.0 Å². The summed E-state index contributed by atoms with van der Waals surface area (Å²) in [5.74, 6) is 2.71.